The SMILES string of the molecule is CCNC(Cc1ccccc1OC)c1ccc(SC)cc1. The van der Waals surface area contributed by atoms with Gasteiger partial charge in [-0.15, -0.1) is 11.8 Å². The Morgan fingerprint density at radius 2 is 1.81 bits per heavy atom. The van der Waals surface area contributed by atoms with E-state index in [1.165, 1.54) is 16.0 Å². The number of methoxy groups -OCH3 is 1. The van der Waals surface area contributed by atoms with Gasteiger partial charge in [0.1, 0.15) is 5.75 Å². The summed E-state index contributed by atoms with van der Waals surface area (Å²) in [6, 6.07) is 17.4. The molecule has 0 fully saturated rings. The van der Waals surface area contributed by atoms with Crippen molar-refractivity contribution in [3.63, 3.8) is 0 Å². The highest BCUT2D eigenvalue weighted by atomic mass is 32.2. The number of ether oxygens (including phenoxy) is 1. The third-order valence-corrected chi connectivity index (χ3v) is 4.33. The van der Waals surface area contributed by atoms with Crippen LogP contribution in [-0.4, -0.2) is 19.9 Å². The van der Waals surface area contributed by atoms with Crippen molar-refractivity contribution in [1.29, 1.82) is 0 Å². The first-order valence-corrected chi connectivity index (χ1v) is 8.50. The van der Waals surface area contributed by atoms with Gasteiger partial charge < -0.3 is 10.1 Å². The van der Waals surface area contributed by atoms with Gasteiger partial charge in [-0.05, 0) is 48.5 Å². The number of hydrogen-bond acceptors (Lipinski definition) is 3. The van der Waals surface area contributed by atoms with Gasteiger partial charge in [0.25, 0.3) is 0 Å². The lowest BCUT2D eigenvalue weighted by Crippen LogP contribution is -2.23. The van der Waals surface area contributed by atoms with E-state index in [0.29, 0.717) is 6.04 Å². The van der Waals surface area contributed by atoms with Gasteiger partial charge >= 0.3 is 0 Å². The summed E-state index contributed by atoms with van der Waals surface area (Å²) in [5.41, 5.74) is 2.56. The van der Waals surface area contributed by atoms with Crippen LogP contribution in [-0.2, 0) is 6.42 Å². The molecule has 0 heterocycles. The maximum absolute atomic E-state index is 5.47. The van der Waals surface area contributed by atoms with E-state index in [4.69, 9.17) is 4.74 Å². The van der Waals surface area contributed by atoms with Gasteiger partial charge in [0.2, 0.25) is 0 Å². The zero-order valence-corrected chi connectivity index (χ0v) is 13.7. The van der Waals surface area contributed by atoms with Crippen LogP contribution in [0.15, 0.2) is 53.4 Å². The van der Waals surface area contributed by atoms with Crippen LogP contribution in [0.1, 0.15) is 24.1 Å². The molecule has 0 saturated carbocycles. The second-order valence-corrected chi connectivity index (χ2v) is 5.78. The van der Waals surface area contributed by atoms with E-state index in [9.17, 15) is 0 Å². The first-order valence-electron chi connectivity index (χ1n) is 7.27. The molecular formula is C18H23NOS. The number of rotatable bonds is 7. The Morgan fingerprint density at radius 1 is 1.10 bits per heavy atom. The predicted molar refractivity (Wildman–Crippen MR) is 91.3 cm³/mol. The van der Waals surface area contributed by atoms with Crippen LogP contribution in [0.25, 0.3) is 0 Å². The zero-order valence-electron chi connectivity index (χ0n) is 12.9. The summed E-state index contributed by atoms with van der Waals surface area (Å²) in [5, 5.41) is 3.57. The van der Waals surface area contributed by atoms with Gasteiger partial charge in [-0.2, -0.15) is 0 Å². The van der Waals surface area contributed by atoms with Crippen LogP contribution < -0.4 is 10.1 Å². The Kier molecular flexibility index (Phi) is 6.15. The van der Waals surface area contributed by atoms with Crippen molar-refractivity contribution in [2.45, 2.75) is 24.3 Å². The molecule has 0 saturated heterocycles. The van der Waals surface area contributed by atoms with Crippen LogP contribution in [0.2, 0.25) is 0 Å². The minimum atomic E-state index is 0.308. The second-order valence-electron chi connectivity index (χ2n) is 4.90. The molecule has 1 N–H and O–H groups in total. The predicted octanol–water partition coefficient (Wildman–Crippen LogP) is 4.31. The molecule has 0 aliphatic rings. The topological polar surface area (TPSA) is 21.3 Å². The standard InChI is InChI=1S/C18H23NOS/c1-4-19-17(14-9-11-16(21-3)12-10-14)13-15-7-5-6-8-18(15)20-2/h5-12,17,19H,4,13H2,1-3H3. The molecule has 112 valence electrons. The first-order chi connectivity index (χ1) is 10.3. The molecule has 0 spiro atoms. The highest BCUT2D eigenvalue weighted by Gasteiger charge is 2.13. The summed E-state index contributed by atoms with van der Waals surface area (Å²) in [5.74, 6) is 0.959. The highest BCUT2D eigenvalue weighted by molar-refractivity contribution is 7.98. The van der Waals surface area contributed by atoms with Crippen molar-refractivity contribution in [2.24, 2.45) is 0 Å². The molecule has 1 unspecified atom stereocenters. The lowest BCUT2D eigenvalue weighted by molar-refractivity contribution is 0.405. The van der Waals surface area contributed by atoms with E-state index >= 15 is 0 Å². The minimum Gasteiger partial charge on any atom is -0.496 e. The number of hydrogen-bond donors (Lipinski definition) is 1. The van der Waals surface area contributed by atoms with Crippen molar-refractivity contribution in [1.82, 2.24) is 5.32 Å². The number of para-hydroxylation sites is 1. The molecule has 0 aromatic heterocycles. The number of nitrogens with one attached hydrogen (secondary N) is 1. The van der Waals surface area contributed by atoms with E-state index in [1.807, 2.05) is 12.1 Å². The van der Waals surface area contributed by atoms with Gasteiger partial charge in [0.05, 0.1) is 7.11 Å². The zero-order chi connectivity index (χ0) is 15.1. The average Bonchev–Trinajstić information content (AvgIpc) is 2.55. The molecule has 0 amide bonds. The fourth-order valence-electron chi connectivity index (χ4n) is 2.48. The molecule has 1 atom stereocenters. The average molecular weight is 301 g/mol. The van der Waals surface area contributed by atoms with Gasteiger partial charge in [0, 0.05) is 10.9 Å². The van der Waals surface area contributed by atoms with Crippen LogP contribution in [0.5, 0.6) is 5.75 Å². The molecule has 0 aliphatic carbocycles. The Bertz CT molecular complexity index is 553. The monoisotopic (exact) mass is 301 g/mol. The summed E-state index contributed by atoms with van der Waals surface area (Å²) in [6.45, 7) is 3.09. The van der Waals surface area contributed by atoms with Gasteiger partial charge in [0.15, 0.2) is 0 Å². The molecule has 0 bridgehead atoms. The third kappa shape index (κ3) is 4.26. The highest BCUT2D eigenvalue weighted by Crippen LogP contribution is 2.26. The fourth-order valence-corrected chi connectivity index (χ4v) is 2.89. The lowest BCUT2D eigenvalue weighted by Gasteiger charge is -2.20. The Balaban J connectivity index is 2.21. The van der Waals surface area contributed by atoms with Crippen molar-refractivity contribution in [3.8, 4) is 5.75 Å². The minimum absolute atomic E-state index is 0.308. The maximum Gasteiger partial charge on any atom is 0.122 e. The van der Waals surface area contributed by atoms with Gasteiger partial charge in [-0.3, -0.25) is 0 Å². The van der Waals surface area contributed by atoms with Crippen LogP contribution in [0.3, 0.4) is 0 Å². The van der Waals surface area contributed by atoms with Gasteiger partial charge in [-0.1, -0.05) is 37.3 Å². The second kappa shape index (κ2) is 8.11. The van der Waals surface area contributed by atoms with Crippen molar-refractivity contribution in [3.05, 3.63) is 59.7 Å². The van der Waals surface area contributed by atoms with E-state index in [2.05, 4.69) is 54.9 Å². The normalized spacial score (nSPS) is 12.1. The smallest absolute Gasteiger partial charge is 0.122 e. The lowest BCUT2D eigenvalue weighted by atomic mass is 9.98. The molecule has 21 heavy (non-hydrogen) atoms. The van der Waals surface area contributed by atoms with Gasteiger partial charge in [-0.25, -0.2) is 0 Å². The summed E-state index contributed by atoms with van der Waals surface area (Å²) in [6.07, 6.45) is 3.03. The van der Waals surface area contributed by atoms with Crippen LogP contribution >= 0.6 is 11.8 Å². The number of thioether (sulfide) groups is 1. The summed E-state index contributed by atoms with van der Waals surface area (Å²) < 4.78 is 5.47. The van der Waals surface area contributed by atoms with E-state index < -0.39 is 0 Å². The van der Waals surface area contributed by atoms with E-state index in [0.717, 1.165) is 18.7 Å². The molecule has 2 rings (SSSR count). The Morgan fingerprint density at radius 3 is 2.43 bits per heavy atom. The van der Waals surface area contributed by atoms with E-state index in [1.54, 1.807) is 18.9 Å². The van der Waals surface area contributed by atoms with Crippen molar-refractivity contribution < 1.29 is 4.74 Å². The number of likely N-dealkylation sites (N-methyl/N-ethyl adjacent to an activating group) is 1. The summed E-state index contributed by atoms with van der Waals surface area (Å²) in [7, 11) is 1.73. The quantitative estimate of drug-likeness (QED) is 0.770. The van der Waals surface area contributed by atoms with Crippen LogP contribution in [0, 0.1) is 0 Å². The summed E-state index contributed by atoms with van der Waals surface area (Å²) >= 11 is 1.77. The van der Waals surface area contributed by atoms with Crippen LogP contribution in [0.4, 0.5) is 0 Å². The molecular weight excluding hydrogens is 278 g/mol. The molecule has 3 heteroatoms. The van der Waals surface area contributed by atoms with Crippen molar-refractivity contribution >= 4 is 11.8 Å². The van der Waals surface area contributed by atoms with E-state index in [-0.39, 0.29) is 0 Å². The molecule has 2 aromatic rings. The third-order valence-electron chi connectivity index (χ3n) is 3.59. The molecule has 0 radical (unpaired) electrons. The molecule has 2 nitrogen and oxygen atoms in total. The van der Waals surface area contributed by atoms with Crippen molar-refractivity contribution in [2.75, 3.05) is 19.9 Å². The summed E-state index contributed by atoms with van der Waals surface area (Å²) in [4.78, 5) is 1.30. The Labute approximate surface area is 131 Å². The molecule has 2 aromatic carbocycles. The number of benzene rings is 2. The first kappa shape index (κ1) is 15.9. The largest absolute Gasteiger partial charge is 0.496 e. The Hall–Kier alpha value is -1.45. The molecule has 0 aliphatic heterocycles. The maximum atomic E-state index is 5.47. The fraction of sp³-hybridized carbons (Fsp3) is 0.333.